The van der Waals surface area contributed by atoms with Crippen LogP contribution in [0.2, 0.25) is 0 Å². The molecule has 0 aromatic heterocycles. The quantitative estimate of drug-likeness (QED) is 0.815. The molecule has 1 aromatic carbocycles. The summed E-state index contributed by atoms with van der Waals surface area (Å²) < 4.78 is 27.3. The van der Waals surface area contributed by atoms with Crippen molar-refractivity contribution in [3.63, 3.8) is 0 Å². The lowest BCUT2D eigenvalue weighted by Gasteiger charge is -2.22. The number of aryl methyl sites for hydroxylation is 1. The first kappa shape index (κ1) is 16.0. The van der Waals surface area contributed by atoms with Crippen LogP contribution in [-0.2, 0) is 16.6 Å². The van der Waals surface area contributed by atoms with Crippen LogP contribution in [0.25, 0.3) is 0 Å². The van der Waals surface area contributed by atoms with Crippen molar-refractivity contribution in [1.29, 1.82) is 0 Å². The minimum absolute atomic E-state index is 0.115. The van der Waals surface area contributed by atoms with Gasteiger partial charge in [0.15, 0.2) is 0 Å². The van der Waals surface area contributed by atoms with Crippen molar-refractivity contribution in [2.75, 3.05) is 13.1 Å². The fourth-order valence-electron chi connectivity index (χ4n) is 2.36. The van der Waals surface area contributed by atoms with Gasteiger partial charge in [-0.15, -0.1) is 6.42 Å². The fourth-order valence-corrected chi connectivity index (χ4v) is 4.14. The third-order valence-corrected chi connectivity index (χ3v) is 5.90. The minimum Gasteiger partial charge on any atom is -0.326 e. The molecular weight excluding hydrogens is 284 g/mol. The summed E-state index contributed by atoms with van der Waals surface area (Å²) in [6.07, 6.45) is 7.51. The first-order valence-electron chi connectivity index (χ1n) is 7.14. The average Bonchev–Trinajstić information content (AvgIpc) is 3.25. The number of terminal acetylenes is 1. The van der Waals surface area contributed by atoms with Gasteiger partial charge in [-0.2, -0.15) is 4.31 Å². The molecule has 0 spiro atoms. The largest absolute Gasteiger partial charge is 0.326 e. The molecule has 0 saturated heterocycles. The van der Waals surface area contributed by atoms with E-state index in [9.17, 15) is 8.42 Å². The number of hydrogen-bond donors (Lipinski definition) is 1. The van der Waals surface area contributed by atoms with Crippen molar-refractivity contribution in [2.24, 2.45) is 11.7 Å². The third kappa shape index (κ3) is 3.46. The Morgan fingerprint density at radius 3 is 2.57 bits per heavy atom. The number of nitrogens with two attached hydrogens (primary N) is 1. The van der Waals surface area contributed by atoms with Crippen LogP contribution in [-0.4, -0.2) is 25.8 Å². The lowest BCUT2D eigenvalue weighted by Crippen LogP contribution is -2.34. The van der Waals surface area contributed by atoms with Gasteiger partial charge in [-0.05, 0) is 55.4 Å². The van der Waals surface area contributed by atoms with Crippen LogP contribution in [0.3, 0.4) is 0 Å². The second-order valence-electron chi connectivity index (χ2n) is 5.69. The van der Waals surface area contributed by atoms with E-state index in [2.05, 4.69) is 5.92 Å². The molecule has 2 N–H and O–H groups in total. The Kier molecular flexibility index (Phi) is 4.72. The molecule has 0 heterocycles. The first-order valence-corrected chi connectivity index (χ1v) is 8.58. The zero-order chi connectivity index (χ0) is 15.6. The summed E-state index contributed by atoms with van der Waals surface area (Å²) in [5.41, 5.74) is 8.19. The van der Waals surface area contributed by atoms with Crippen LogP contribution in [0.4, 0.5) is 0 Å². The molecule has 1 saturated carbocycles. The maximum Gasteiger partial charge on any atom is 0.244 e. The molecule has 0 unspecified atom stereocenters. The highest BCUT2D eigenvalue weighted by Gasteiger charge is 2.32. The highest BCUT2D eigenvalue weighted by molar-refractivity contribution is 7.89. The maximum absolute atomic E-state index is 12.9. The van der Waals surface area contributed by atoms with E-state index in [0.717, 1.165) is 29.5 Å². The van der Waals surface area contributed by atoms with Crippen molar-refractivity contribution in [3.8, 4) is 12.3 Å². The van der Waals surface area contributed by atoms with Gasteiger partial charge in [-0.1, -0.05) is 12.0 Å². The van der Waals surface area contributed by atoms with Crippen LogP contribution in [0.1, 0.15) is 29.5 Å². The third-order valence-electron chi connectivity index (χ3n) is 3.96. The van der Waals surface area contributed by atoms with Crippen LogP contribution < -0.4 is 5.73 Å². The van der Waals surface area contributed by atoms with E-state index in [4.69, 9.17) is 12.2 Å². The average molecular weight is 306 g/mol. The van der Waals surface area contributed by atoms with Crippen molar-refractivity contribution in [3.05, 3.63) is 28.8 Å². The Balaban J connectivity index is 2.45. The molecule has 0 aliphatic heterocycles. The molecule has 0 atom stereocenters. The van der Waals surface area contributed by atoms with Gasteiger partial charge in [0.2, 0.25) is 10.0 Å². The lowest BCUT2D eigenvalue weighted by atomic mass is 10.1. The predicted molar refractivity (Wildman–Crippen MR) is 84.1 cm³/mol. The summed E-state index contributed by atoms with van der Waals surface area (Å²) in [6, 6.07) is 3.61. The monoisotopic (exact) mass is 306 g/mol. The SMILES string of the molecule is C#CCN(CC1CC1)S(=O)(=O)c1cc(CN)cc(C)c1C. The molecule has 1 fully saturated rings. The highest BCUT2D eigenvalue weighted by Crippen LogP contribution is 2.32. The summed E-state index contributed by atoms with van der Waals surface area (Å²) >= 11 is 0. The maximum atomic E-state index is 12.9. The Morgan fingerprint density at radius 1 is 1.38 bits per heavy atom. The number of nitrogens with zero attached hydrogens (tertiary/aromatic N) is 1. The van der Waals surface area contributed by atoms with Gasteiger partial charge in [0.25, 0.3) is 0 Å². The van der Waals surface area contributed by atoms with Gasteiger partial charge >= 0.3 is 0 Å². The number of sulfonamides is 1. The van der Waals surface area contributed by atoms with Crippen LogP contribution >= 0.6 is 0 Å². The zero-order valence-corrected chi connectivity index (χ0v) is 13.4. The van der Waals surface area contributed by atoms with Crippen molar-refractivity contribution in [1.82, 2.24) is 4.31 Å². The summed E-state index contributed by atoms with van der Waals surface area (Å²) in [6.45, 7) is 4.68. The Labute approximate surface area is 127 Å². The molecule has 4 nitrogen and oxygen atoms in total. The van der Waals surface area contributed by atoms with E-state index in [0.29, 0.717) is 23.9 Å². The molecule has 1 aliphatic rings. The molecule has 0 radical (unpaired) electrons. The van der Waals surface area contributed by atoms with E-state index in [1.807, 2.05) is 19.9 Å². The van der Waals surface area contributed by atoms with E-state index < -0.39 is 10.0 Å². The smallest absolute Gasteiger partial charge is 0.244 e. The van der Waals surface area contributed by atoms with Crippen molar-refractivity contribution in [2.45, 2.75) is 38.1 Å². The molecule has 0 amide bonds. The number of benzene rings is 1. The summed E-state index contributed by atoms with van der Waals surface area (Å²) in [5.74, 6) is 2.91. The predicted octanol–water partition coefficient (Wildman–Crippen LogP) is 1.80. The normalized spacial score (nSPS) is 15.2. The van der Waals surface area contributed by atoms with Gasteiger partial charge in [-0.25, -0.2) is 8.42 Å². The summed E-state index contributed by atoms with van der Waals surface area (Å²) in [5, 5.41) is 0. The molecular formula is C16H22N2O2S. The van der Waals surface area contributed by atoms with Crippen LogP contribution in [0, 0.1) is 32.1 Å². The van der Waals surface area contributed by atoms with Gasteiger partial charge in [0, 0.05) is 13.1 Å². The molecule has 0 bridgehead atoms. The molecule has 5 heteroatoms. The Hall–Kier alpha value is -1.35. The highest BCUT2D eigenvalue weighted by atomic mass is 32.2. The second kappa shape index (κ2) is 6.18. The summed E-state index contributed by atoms with van der Waals surface area (Å²) in [4.78, 5) is 0.332. The van der Waals surface area contributed by atoms with E-state index in [1.165, 1.54) is 4.31 Å². The van der Waals surface area contributed by atoms with Crippen molar-refractivity contribution >= 4 is 10.0 Å². The fraction of sp³-hybridized carbons (Fsp3) is 0.500. The van der Waals surface area contributed by atoms with E-state index in [1.54, 1.807) is 6.07 Å². The van der Waals surface area contributed by atoms with Crippen molar-refractivity contribution < 1.29 is 8.42 Å². The Bertz CT molecular complexity index is 670. The van der Waals surface area contributed by atoms with Crippen LogP contribution in [0.15, 0.2) is 17.0 Å². The lowest BCUT2D eigenvalue weighted by molar-refractivity contribution is 0.429. The van der Waals surface area contributed by atoms with Gasteiger partial charge in [0.05, 0.1) is 11.4 Å². The summed E-state index contributed by atoms with van der Waals surface area (Å²) in [7, 11) is -3.57. The molecule has 1 aliphatic carbocycles. The van der Waals surface area contributed by atoms with Crippen LogP contribution in [0.5, 0.6) is 0 Å². The standard InChI is InChI=1S/C16H22N2O2S/c1-4-7-18(11-14-5-6-14)21(19,20)16-9-15(10-17)8-12(2)13(16)3/h1,8-9,14H,5-7,10-11,17H2,2-3H3. The number of rotatable bonds is 6. The van der Waals surface area contributed by atoms with Gasteiger partial charge in [-0.3, -0.25) is 0 Å². The first-order chi connectivity index (χ1) is 9.90. The minimum atomic E-state index is -3.57. The zero-order valence-electron chi connectivity index (χ0n) is 12.6. The van der Waals surface area contributed by atoms with Gasteiger partial charge < -0.3 is 5.73 Å². The molecule has 2 rings (SSSR count). The topological polar surface area (TPSA) is 63.4 Å². The number of hydrogen-bond acceptors (Lipinski definition) is 3. The second-order valence-corrected chi connectivity index (χ2v) is 7.59. The molecule has 1 aromatic rings. The molecule has 21 heavy (non-hydrogen) atoms. The Morgan fingerprint density at radius 2 is 2.05 bits per heavy atom. The van der Waals surface area contributed by atoms with E-state index >= 15 is 0 Å². The molecule has 114 valence electrons. The van der Waals surface area contributed by atoms with Gasteiger partial charge in [0.1, 0.15) is 0 Å². The van der Waals surface area contributed by atoms with E-state index in [-0.39, 0.29) is 6.54 Å².